The summed E-state index contributed by atoms with van der Waals surface area (Å²) in [6, 6.07) is 6.43. The van der Waals surface area contributed by atoms with Gasteiger partial charge >= 0.3 is 0 Å². The molecule has 1 aromatic rings. The van der Waals surface area contributed by atoms with E-state index in [9.17, 15) is 13.2 Å². The maximum absolute atomic E-state index is 12.9. The van der Waals surface area contributed by atoms with Crippen LogP contribution in [-0.4, -0.2) is 56.6 Å². The van der Waals surface area contributed by atoms with Crippen LogP contribution in [0.3, 0.4) is 0 Å². The summed E-state index contributed by atoms with van der Waals surface area (Å²) < 4.78 is 27.3. The molecule has 128 valence electrons. The van der Waals surface area contributed by atoms with E-state index in [4.69, 9.17) is 0 Å². The fourth-order valence-electron chi connectivity index (χ4n) is 3.18. The number of carbonyl (C=O) groups is 1. The molecule has 0 N–H and O–H groups in total. The lowest BCUT2D eigenvalue weighted by molar-refractivity contribution is 0.101. The van der Waals surface area contributed by atoms with Crippen LogP contribution in [0.15, 0.2) is 29.2 Å². The van der Waals surface area contributed by atoms with Crippen molar-refractivity contribution in [2.75, 3.05) is 27.2 Å². The SMILES string of the molecule is CC(=O)c1ccc(S(=O)(=O)N2C[C@@H](N(C)C)[C@H](C(C)C)C2)cc1. The average molecular weight is 338 g/mol. The summed E-state index contributed by atoms with van der Waals surface area (Å²) in [4.78, 5) is 13.7. The van der Waals surface area contributed by atoms with Crippen LogP contribution in [0.25, 0.3) is 0 Å². The van der Waals surface area contributed by atoms with Gasteiger partial charge in [0.15, 0.2) is 5.78 Å². The standard InChI is InChI=1S/C17H26N2O3S/c1-12(2)16-10-19(11-17(16)18(4)5)23(21,22)15-8-6-14(7-9-15)13(3)20/h6-9,12,16-17H,10-11H2,1-5H3/t16-,17+/m0/s1. The van der Waals surface area contributed by atoms with Crippen molar-refractivity contribution in [1.82, 2.24) is 9.21 Å². The first-order chi connectivity index (χ1) is 10.6. The van der Waals surface area contributed by atoms with E-state index in [-0.39, 0.29) is 16.7 Å². The highest BCUT2D eigenvalue weighted by atomic mass is 32.2. The molecule has 1 saturated heterocycles. The molecule has 1 aromatic carbocycles. The molecule has 0 aliphatic carbocycles. The van der Waals surface area contributed by atoms with E-state index < -0.39 is 10.0 Å². The predicted octanol–water partition coefficient (Wildman–Crippen LogP) is 2.10. The number of sulfonamides is 1. The van der Waals surface area contributed by atoms with Crippen molar-refractivity contribution in [2.45, 2.75) is 31.7 Å². The van der Waals surface area contributed by atoms with Crippen LogP contribution in [0.4, 0.5) is 0 Å². The van der Waals surface area contributed by atoms with E-state index in [0.717, 1.165) is 0 Å². The zero-order valence-corrected chi connectivity index (χ0v) is 15.3. The Morgan fingerprint density at radius 3 is 2.13 bits per heavy atom. The van der Waals surface area contributed by atoms with Crippen molar-refractivity contribution in [2.24, 2.45) is 11.8 Å². The number of ketones is 1. The van der Waals surface area contributed by atoms with Gasteiger partial charge in [-0.25, -0.2) is 8.42 Å². The van der Waals surface area contributed by atoms with Gasteiger partial charge in [0.1, 0.15) is 0 Å². The highest BCUT2D eigenvalue weighted by Crippen LogP contribution is 2.31. The normalized spacial score (nSPS) is 22.9. The van der Waals surface area contributed by atoms with Crippen molar-refractivity contribution in [3.8, 4) is 0 Å². The fraction of sp³-hybridized carbons (Fsp3) is 0.588. The zero-order chi connectivity index (χ0) is 17.4. The second-order valence-corrected chi connectivity index (χ2v) is 8.78. The van der Waals surface area contributed by atoms with Gasteiger partial charge in [0.05, 0.1) is 4.90 Å². The summed E-state index contributed by atoms with van der Waals surface area (Å²) in [6.07, 6.45) is 0. The molecule has 0 aromatic heterocycles. The van der Waals surface area contributed by atoms with Crippen LogP contribution in [0.2, 0.25) is 0 Å². The van der Waals surface area contributed by atoms with Crippen molar-refractivity contribution in [1.29, 1.82) is 0 Å². The highest BCUT2D eigenvalue weighted by Gasteiger charge is 2.41. The lowest BCUT2D eigenvalue weighted by Crippen LogP contribution is -2.37. The molecule has 2 rings (SSSR count). The molecule has 1 aliphatic heterocycles. The quantitative estimate of drug-likeness (QED) is 0.772. The molecule has 1 heterocycles. The van der Waals surface area contributed by atoms with Crippen LogP contribution >= 0.6 is 0 Å². The van der Waals surface area contributed by atoms with Gasteiger partial charge in [0.2, 0.25) is 10.0 Å². The monoisotopic (exact) mass is 338 g/mol. The maximum Gasteiger partial charge on any atom is 0.243 e. The molecule has 0 unspecified atom stereocenters. The van der Waals surface area contributed by atoms with Gasteiger partial charge in [-0.05, 0) is 45.0 Å². The predicted molar refractivity (Wildman–Crippen MR) is 91.0 cm³/mol. The topological polar surface area (TPSA) is 57.7 Å². The lowest BCUT2D eigenvalue weighted by Gasteiger charge is -2.27. The molecular weight excluding hydrogens is 312 g/mol. The Morgan fingerprint density at radius 2 is 1.74 bits per heavy atom. The van der Waals surface area contributed by atoms with Gasteiger partial charge < -0.3 is 4.90 Å². The van der Waals surface area contributed by atoms with Crippen molar-refractivity contribution in [3.63, 3.8) is 0 Å². The first kappa shape index (κ1) is 18.1. The number of rotatable bonds is 5. The van der Waals surface area contributed by atoms with E-state index in [2.05, 4.69) is 18.7 Å². The second kappa shape index (κ2) is 6.71. The van der Waals surface area contributed by atoms with Crippen LogP contribution in [0.1, 0.15) is 31.1 Å². The molecule has 1 aliphatic rings. The summed E-state index contributed by atoms with van der Waals surface area (Å²) in [5, 5.41) is 0. The maximum atomic E-state index is 12.9. The number of carbonyl (C=O) groups excluding carboxylic acids is 1. The molecule has 5 nitrogen and oxygen atoms in total. The molecule has 0 bridgehead atoms. The van der Waals surface area contributed by atoms with Crippen molar-refractivity contribution in [3.05, 3.63) is 29.8 Å². The molecule has 0 radical (unpaired) electrons. The number of benzene rings is 1. The molecular formula is C17H26N2O3S. The number of hydrogen-bond acceptors (Lipinski definition) is 4. The molecule has 2 atom stereocenters. The summed E-state index contributed by atoms with van der Waals surface area (Å²) in [6.45, 7) is 6.79. The zero-order valence-electron chi connectivity index (χ0n) is 14.5. The first-order valence-corrected chi connectivity index (χ1v) is 9.36. The van der Waals surface area contributed by atoms with Gasteiger partial charge in [-0.15, -0.1) is 0 Å². The Labute approximate surface area is 139 Å². The molecule has 0 saturated carbocycles. The summed E-state index contributed by atoms with van der Waals surface area (Å²) in [5.41, 5.74) is 0.525. The van der Waals surface area contributed by atoms with Gasteiger partial charge in [-0.3, -0.25) is 4.79 Å². The van der Waals surface area contributed by atoms with Gasteiger partial charge in [0.25, 0.3) is 0 Å². The van der Waals surface area contributed by atoms with Crippen LogP contribution < -0.4 is 0 Å². The molecule has 6 heteroatoms. The van der Waals surface area contributed by atoms with E-state index in [0.29, 0.717) is 30.5 Å². The van der Waals surface area contributed by atoms with Gasteiger partial charge in [0, 0.05) is 24.7 Å². The third-order valence-electron chi connectivity index (χ3n) is 4.72. The molecule has 1 fully saturated rings. The molecule has 0 spiro atoms. The van der Waals surface area contributed by atoms with Crippen LogP contribution in [0, 0.1) is 11.8 Å². The Morgan fingerprint density at radius 1 is 1.17 bits per heavy atom. The summed E-state index contributed by atoms with van der Waals surface area (Å²) >= 11 is 0. The minimum atomic E-state index is -3.52. The highest BCUT2D eigenvalue weighted by molar-refractivity contribution is 7.89. The number of nitrogens with zero attached hydrogens (tertiary/aromatic N) is 2. The summed E-state index contributed by atoms with van der Waals surface area (Å²) in [7, 11) is 0.477. The van der Waals surface area contributed by atoms with E-state index >= 15 is 0 Å². The minimum absolute atomic E-state index is 0.0670. The Hall–Kier alpha value is -1.24. The third-order valence-corrected chi connectivity index (χ3v) is 6.56. The van der Waals surface area contributed by atoms with E-state index in [1.165, 1.54) is 19.1 Å². The smallest absolute Gasteiger partial charge is 0.243 e. The lowest BCUT2D eigenvalue weighted by atomic mass is 9.91. The third kappa shape index (κ3) is 3.65. The average Bonchev–Trinajstić information content (AvgIpc) is 2.93. The number of likely N-dealkylation sites (N-methyl/N-ethyl adjacent to an activating group) is 1. The Kier molecular flexibility index (Phi) is 5.28. The van der Waals surface area contributed by atoms with E-state index in [1.807, 2.05) is 14.1 Å². The Bertz CT molecular complexity index is 650. The van der Waals surface area contributed by atoms with Crippen LogP contribution in [-0.2, 0) is 10.0 Å². The van der Waals surface area contributed by atoms with E-state index in [1.54, 1.807) is 16.4 Å². The summed E-state index contributed by atoms with van der Waals surface area (Å²) in [5.74, 6) is 0.668. The van der Waals surface area contributed by atoms with Crippen molar-refractivity contribution < 1.29 is 13.2 Å². The molecule has 23 heavy (non-hydrogen) atoms. The van der Waals surface area contributed by atoms with Gasteiger partial charge in [-0.2, -0.15) is 4.31 Å². The fourth-order valence-corrected chi connectivity index (χ4v) is 4.68. The Balaban J connectivity index is 2.28. The molecule has 0 amide bonds. The largest absolute Gasteiger partial charge is 0.305 e. The van der Waals surface area contributed by atoms with Crippen LogP contribution in [0.5, 0.6) is 0 Å². The first-order valence-electron chi connectivity index (χ1n) is 7.92. The van der Waals surface area contributed by atoms with Gasteiger partial charge in [-0.1, -0.05) is 26.0 Å². The van der Waals surface area contributed by atoms with Crippen molar-refractivity contribution >= 4 is 15.8 Å². The number of hydrogen-bond donors (Lipinski definition) is 0. The number of Topliss-reactive ketones (excluding diaryl/α,β-unsaturated/α-hetero) is 1. The minimum Gasteiger partial charge on any atom is -0.305 e. The second-order valence-electron chi connectivity index (χ2n) is 6.84.